The van der Waals surface area contributed by atoms with Crippen molar-refractivity contribution < 1.29 is 8.78 Å². The van der Waals surface area contributed by atoms with Crippen LogP contribution in [0, 0.1) is 18.6 Å². The first kappa shape index (κ1) is 14.1. The number of nitrogens with two attached hydrogens (primary N) is 1. The van der Waals surface area contributed by atoms with E-state index in [1.54, 1.807) is 4.68 Å². The monoisotopic (exact) mass is 329 g/mol. The Bertz CT molecular complexity index is 590. The maximum Gasteiger partial charge on any atom is 0.126 e. The Morgan fingerprint density at radius 1 is 1.32 bits per heavy atom. The molecule has 0 aliphatic rings. The van der Waals surface area contributed by atoms with Gasteiger partial charge >= 0.3 is 0 Å². The average Bonchev–Trinajstić information content (AvgIpc) is 2.54. The predicted molar refractivity (Wildman–Crippen MR) is 72.6 cm³/mol. The molecule has 6 heteroatoms. The Hall–Kier alpha value is -1.27. The third kappa shape index (κ3) is 3.01. The van der Waals surface area contributed by atoms with E-state index in [0.717, 1.165) is 21.9 Å². The molecule has 1 atom stereocenters. The van der Waals surface area contributed by atoms with E-state index in [4.69, 9.17) is 5.73 Å². The second-order valence-corrected chi connectivity index (χ2v) is 5.28. The highest BCUT2D eigenvalue weighted by Gasteiger charge is 2.16. The zero-order valence-corrected chi connectivity index (χ0v) is 12.2. The minimum absolute atomic E-state index is 0.434. The SMILES string of the molecule is Cc1nn(C)c(CC(N)c2cc(F)cc(F)c2)c1Br. The highest BCUT2D eigenvalue weighted by atomic mass is 79.9. The second kappa shape index (κ2) is 5.38. The molecule has 0 saturated carbocycles. The van der Waals surface area contributed by atoms with Crippen molar-refractivity contribution >= 4 is 15.9 Å². The molecule has 19 heavy (non-hydrogen) atoms. The van der Waals surface area contributed by atoms with E-state index in [2.05, 4.69) is 21.0 Å². The van der Waals surface area contributed by atoms with Gasteiger partial charge in [-0.2, -0.15) is 5.10 Å². The molecule has 0 saturated heterocycles. The van der Waals surface area contributed by atoms with Gasteiger partial charge in [0.15, 0.2) is 0 Å². The van der Waals surface area contributed by atoms with E-state index in [1.807, 2.05) is 14.0 Å². The van der Waals surface area contributed by atoms with Crippen molar-refractivity contribution in [1.29, 1.82) is 0 Å². The normalized spacial score (nSPS) is 12.7. The summed E-state index contributed by atoms with van der Waals surface area (Å²) in [5, 5.41) is 4.26. The number of hydrogen-bond donors (Lipinski definition) is 1. The number of halogens is 3. The van der Waals surface area contributed by atoms with Crippen molar-refractivity contribution in [2.75, 3.05) is 0 Å². The van der Waals surface area contributed by atoms with E-state index in [1.165, 1.54) is 12.1 Å². The number of nitrogens with zero attached hydrogens (tertiary/aromatic N) is 2. The molecule has 1 unspecified atom stereocenters. The summed E-state index contributed by atoms with van der Waals surface area (Å²) in [6.07, 6.45) is 0.445. The molecule has 0 spiro atoms. The molecule has 2 rings (SSSR count). The molecular formula is C13H14BrF2N3. The van der Waals surface area contributed by atoms with Crippen LogP contribution in [0.2, 0.25) is 0 Å². The van der Waals surface area contributed by atoms with E-state index in [9.17, 15) is 8.78 Å². The first-order chi connectivity index (χ1) is 8.88. The molecule has 0 aliphatic carbocycles. The molecule has 0 fully saturated rings. The molecule has 0 aliphatic heterocycles. The minimum Gasteiger partial charge on any atom is -0.324 e. The van der Waals surface area contributed by atoms with Crippen LogP contribution in [0.4, 0.5) is 8.78 Å². The highest BCUT2D eigenvalue weighted by Crippen LogP contribution is 2.25. The van der Waals surface area contributed by atoms with E-state index in [-0.39, 0.29) is 0 Å². The predicted octanol–water partition coefficient (Wildman–Crippen LogP) is 3.01. The van der Waals surface area contributed by atoms with Crippen LogP contribution in [0.5, 0.6) is 0 Å². The van der Waals surface area contributed by atoms with Crippen molar-refractivity contribution in [3.63, 3.8) is 0 Å². The van der Waals surface area contributed by atoms with Crippen LogP contribution in [0.3, 0.4) is 0 Å². The molecule has 0 radical (unpaired) electrons. The molecule has 3 nitrogen and oxygen atoms in total. The van der Waals surface area contributed by atoms with E-state index < -0.39 is 17.7 Å². The average molecular weight is 330 g/mol. The first-order valence-corrected chi connectivity index (χ1v) is 6.57. The van der Waals surface area contributed by atoms with Gasteiger partial charge in [0.2, 0.25) is 0 Å². The van der Waals surface area contributed by atoms with Crippen LogP contribution >= 0.6 is 15.9 Å². The van der Waals surface area contributed by atoms with E-state index >= 15 is 0 Å². The van der Waals surface area contributed by atoms with Gasteiger partial charge in [-0.15, -0.1) is 0 Å². The summed E-state index contributed by atoms with van der Waals surface area (Å²) < 4.78 is 28.9. The molecule has 102 valence electrons. The summed E-state index contributed by atoms with van der Waals surface area (Å²) in [6.45, 7) is 1.88. The molecule has 0 amide bonds. The Labute approximate surface area is 118 Å². The topological polar surface area (TPSA) is 43.8 Å². The van der Waals surface area contributed by atoms with Gasteiger partial charge in [-0.25, -0.2) is 8.78 Å². The van der Waals surface area contributed by atoms with Crippen LogP contribution in [0.15, 0.2) is 22.7 Å². The summed E-state index contributed by atoms with van der Waals surface area (Å²) in [5.41, 5.74) is 8.20. The number of rotatable bonds is 3. The van der Waals surface area contributed by atoms with Gasteiger partial charge in [-0.05, 0) is 40.5 Å². The third-order valence-electron chi connectivity index (χ3n) is 2.99. The summed E-state index contributed by atoms with van der Waals surface area (Å²) in [6, 6.07) is 2.85. The van der Waals surface area contributed by atoms with Gasteiger partial charge in [0.05, 0.1) is 15.9 Å². The number of hydrogen-bond acceptors (Lipinski definition) is 2. The van der Waals surface area contributed by atoms with Crippen LogP contribution < -0.4 is 5.73 Å². The smallest absolute Gasteiger partial charge is 0.126 e. The minimum atomic E-state index is -0.620. The van der Waals surface area contributed by atoms with Crippen molar-refractivity contribution in [3.8, 4) is 0 Å². The molecule has 1 aromatic carbocycles. The number of benzene rings is 1. The molecular weight excluding hydrogens is 316 g/mol. The largest absolute Gasteiger partial charge is 0.324 e. The fourth-order valence-corrected chi connectivity index (χ4v) is 2.52. The summed E-state index contributed by atoms with van der Waals surface area (Å²) >= 11 is 3.44. The quantitative estimate of drug-likeness (QED) is 0.940. The van der Waals surface area contributed by atoms with Gasteiger partial charge < -0.3 is 5.73 Å². The highest BCUT2D eigenvalue weighted by molar-refractivity contribution is 9.10. The lowest BCUT2D eigenvalue weighted by molar-refractivity contribution is 0.569. The van der Waals surface area contributed by atoms with Crippen LogP contribution in [-0.2, 0) is 13.5 Å². The summed E-state index contributed by atoms with van der Waals surface area (Å²) in [5.74, 6) is -1.24. The fourth-order valence-electron chi connectivity index (χ4n) is 2.02. The lowest BCUT2D eigenvalue weighted by Gasteiger charge is -2.13. The molecule has 1 heterocycles. The van der Waals surface area contributed by atoms with Crippen molar-refractivity contribution in [3.05, 3.63) is 51.3 Å². The van der Waals surface area contributed by atoms with Gasteiger partial charge in [-0.3, -0.25) is 4.68 Å². The Kier molecular flexibility index (Phi) is 4.01. The zero-order valence-electron chi connectivity index (χ0n) is 10.6. The van der Waals surface area contributed by atoms with Crippen LogP contribution in [0.25, 0.3) is 0 Å². The Balaban J connectivity index is 2.27. The third-order valence-corrected chi connectivity index (χ3v) is 4.02. The first-order valence-electron chi connectivity index (χ1n) is 5.78. The lowest BCUT2D eigenvalue weighted by atomic mass is 10.0. The number of aryl methyl sites for hydroxylation is 2. The number of aromatic nitrogens is 2. The molecule has 1 aromatic heterocycles. The Morgan fingerprint density at radius 2 is 1.89 bits per heavy atom. The van der Waals surface area contributed by atoms with Crippen molar-refractivity contribution in [2.24, 2.45) is 12.8 Å². The van der Waals surface area contributed by atoms with Crippen LogP contribution in [-0.4, -0.2) is 9.78 Å². The molecule has 0 bridgehead atoms. The van der Waals surface area contributed by atoms with Gasteiger partial charge in [0, 0.05) is 25.6 Å². The fraction of sp³-hybridized carbons (Fsp3) is 0.308. The van der Waals surface area contributed by atoms with Gasteiger partial charge in [0.25, 0.3) is 0 Å². The Morgan fingerprint density at radius 3 is 2.37 bits per heavy atom. The second-order valence-electron chi connectivity index (χ2n) is 4.48. The lowest BCUT2D eigenvalue weighted by Crippen LogP contribution is -2.16. The van der Waals surface area contributed by atoms with Gasteiger partial charge in [0.1, 0.15) is 11.6 Å². The summed E-state index contributed by atoms with van der Waals surface area (Å²) in [7, 11) is 1.81. The molecule has 2 N–H and O–H groups in total. The summed E-state index contributed by atoms with van der Waals surface area (Å²) in [4.78, 5) is 0. The van der Waals surface area contributed by atoms with Gasteiger partial charge in [-0.1, -0.05) is 0 Å². The molecule has 2 aromatic rings. The maximum atomic E-state index is 13.2. The zero-order chi connectivity index (χ0) is 14.2. The van der Waals surface area contributed by atoms with E-state index in [0.29, 0.717) is 12.0 Å². The maximum absolute atomic E-state index is 13.2. The van der Waals surface area contributed by atoms with Crippen molar-refractivity contribution in [2.45, 2.75) is 19.4 Å². The van der Waals surface area contributed by atoms with Crippen molar-refractivity contribution in [1.82, 2.24) is 9.78 Å². The van der Waals surface area contributed by atoms with Crippen LogP contribution in [0.1, 0.15) is 23.0 Å². The standard InChI is InChI=1S/C13H14BrF2N3/c1-7-13(14)12(19(2)18-7)6-11(17)8-3-9(15)5-10(16)4-8/h3-5,11H,6,17H2,1-2H3.